The van der Waals surface area contributed by atoms with E-state index in [1.807, 2.05) is 0 Å². The van der Waals surface area contributed by atoms with Crippen LogP contribution in [0.5, 0.6) is 5.75 Å². The molecule has 1 aliphatic carbocycles. The number of methoxy groups -OCH3 is 2. The highest BCUT2D eigenvalue weighted by Gasteiger charge is 2.44. The summed E-state index contributed by atoms with van der Waals surface area (Å²) in [6.07, 6.45) is 2.88. The van der Waals surface area contributed by atoms with Crippen LogP contribution in [0.25, 0.3) is 0 Å². The lowest BCUT2D eigenvalue weighted by Gasteiger charge is -2.28. The Morgan fingerprint density at radius 3 is 2.41 bits per heavy atom. The summed E-state index contributed by atoms with van der Waals surface area (Å²) in [5, 5.41) is 2.85. The summed E-state index contributed by atoms with van der Waals surface area (Å²) in [6.45, 7) is 0. The van der Waals surface area contributed by atoms with Crippen LogP contribution < -0.4 is 10.1 Å². The molecular formula is C21H22FNO4. The first-order valence-corrected chi connectivity index (χ1v) is 8.84. The topological polar surface area (TPSA) is 64.6 Å². The minimum Gasteiger partial charge on any atom is -0.496 e. The SMILES string of the molecule is COC(=O)c1cc(NC(=O)C2(c3ccccc3F)CCCC2)ccc1OC. The van der Waals surface area contributed by atoms with Gasteiger partial charge in [0.2, 0.25) is 5.91 Å². The Morgan fingerprint density at radius 1 is 1.07 bits per heavy atom. The van der Waals surface area contributed by atoms with Gasteiger partial charge in [-0.05, 0) is 37.1 Å². The third-order valence-corrected chi connectivity index (χ3v) is 5.14. The fraction of sp³-hybridized carbons (Fsp3) is 0.333. The number of benzene rings is 2. The van der Waals surface area contributed by atoms with Crippen LogP contribution in [0.1, 0.15) is 41.6 Å². The van der Waals surface area contributed by atoms with E-state index in [0.717, 1.165) is 12.8 Å². The highest BCUT2D eigenvalue weighted by molar-refractivity contribution is 6.01. The molecule has 0 atom stereocenters. The molecule has 27 heavy (non-hydrogen) atoms. The molecule has 0 saturated heterocycles. The highest BCUT2D eigenvalue weighted by Crippen LogP contribution is 2.43. The van der Waals surface area contributed by atoms with Crippen molar-refractivity contribution in [1.29, 1.82) is 0 Å². The smallest absolute Gasteiger partial charge is 0.341 e. The third kappa shape index (κ3) is 3.52. The van der Waals surface area contributed by atoms with Crippen molar-refractivity contribution >= 4 is 17.6 Å². The van der Waals surface area contributed by atoms with E-state index >= 15 is 0 Å². The number of esters is 1. The maximum atomic E-state index is 14.4. The molecule has 5 nitrogen and oxygen atoms in total. The first-order valence-electron chi connectivity index (χ1n) is 8.84. The lowest BCUT2D eigenvalue weighted by molar-refractivity contribution is -0.121. The Kier molecular flexibility index (Phi) is 5.44. The van der Waals surface area contributed by atoms with E-state index in [9.17, 15) is 14.0 Å². The Bertz CT molecular complexity index is 859. The summed E-state index contributed by atoms with van der Waals surface area (Å²) in [4.78, 5) is 25.1. The Labute approximate surface area is 157 Å². The van der Waals surface area contributed by atoms with Gasteiger partial charge in [0, 0.05) is 11.3 Å². The molecule has 6 heteroatoms. The van der Waals surface area contributed by atoms with Gasteiger partial charge in [0.1, 0.15) is 17.1 Å². The number of hydrogen-bond acceptors (Lipinski definition) is 4. The van der Waals surface area contributed by atoms with Gasteiger partial charge in [0.15, 0.2) is 0 Å². The molecule has 1 N–H and O–H groups in total. The molecular weight excluding hydrogens is 349 g/mol. The number of carbonyl (C=O) groups is 2. The minimum absolute atomic E-state index is 0.212. The standard InChI is InChI=1S/C21H22FNO4/c1-26-18-10-9-14(13-15(18)19(24)27-2)23-20(25)21(11-5-6-12-21)16-7-3-4-8-17(16)22/h3-4,7-10,13H,5-6,11-12H2,1-2H3,(H,23,25). The maximum Gasteiger partial charge on any atom is 0.341 e. The van der Waals surface area contributed by atoms with Gasteiger partial charge >= 0.3 is 5.97 Å². The number of amides is 1. The van der Waals surface area contributed by atoms with Crippen molar-refractivity contribution in [2.45, 2.75) is 31.1 Å². The van der Waals surface area contributed by atoms with Gasteiger partial charge in [-0.2, -0.15) is 0 Å². The first kappa shape index (κ1) is 18.9. The van der Waals surface area contributed by atoms with Crippen molar-refractivity contribution in [3.05, 3.63) is 59.4 Å². The van der Waals surface area contributed by atoms with Gasteiger partial charge in [-0.3, -0.25) is 4.79 Å². The molecule has 3 rings (SSSR count). The van der Waals surface area contributed by atoms with Gasteiger partial charge in [-0.15, -0.1) is 0 Å². The van der Waals surface area contributed by atoms with Gasteiger partial charge in [-0.25, -0.2) is 9.18 Å². The summed E-state index contributed by atoms with van der Waals surface area (Å²) in [5.74, 6) is -0.859. The molecule has 1 amide bonds. The molecule has 0 aromatic heterocycles. The van der Waals surface area contributed by atoms with Gasteiger partial charge < -0.3 is 14.8 Å². The van der Waals surface area contributed by atoms with E-state index in [0.29, 0.717) is 29.8 Å². The summed E-state index contributed by atoms with van der Waals surface area (Å²) in [7, 11) is 2.73. The van der Waals surface area contributed by atoms with Crippen LogP contribution in [-0.4, -0.2) is 26.1 Å². The van der Waals surface area contributed by atoms with Crippen LogP contribution >= 0.6 is 0 Å². The average Bonchev–Trinajstić information content (AvgIpc) is 3.18. The zero-order valence-electron chi connectivity index (χ0n) is 15.4. The molecule has 1 saturated carbocycles. The van der Waals surface area contributed by atoms with Crippen LogP contribution in [0.4, 0.5) is 10.1 Å². The van der Waals surface area contributed by atoms with Crippen molar-refractivity contribution in [2.24, 2.45) is 0 Å². The van der Waals surface area contributed by atoms with Gasteiger partial charge in [-0.1, -0.05) is 31.0 Å². The van der Waals surface area contributed by atoms with Crippen LogP contribution in [0.3, 0.4) is 0 Å². The van der Waals surface area contributed by atoms with Crippen LogP contribution in [-0.2, 0) is 14.9 Å². The average molecular weight is 371 g/mol. The Hall–Kier alpha value is -2.89. The zero-order valence-corrected chi connectivity index (χ0v) is 15.4. The quantitative estimate of drug-likeness (QED) is 0.805. The van der Waals surface area contributed by atoms with E-state index in [1.54, 1.807) is 30.3 Å². The normalized spacial score (nSPS) is 15.2. The number of nitrogens with one attached hydrogen (secondary N) is 1. The molecule has 1 aliphatic rings. The number of halogens is 1. The van der Waals surface area contributed by atoms with Crippen LogP contribution in [0, 0.1) is 5.82 Å². The minimum atomic E-state index is -0.906. The van der Waals surface area contributed by atoms with E-state index in [4.69, 9.17) is 9.47 Å². The number of rotatable bonds is 5. The molecule has 142 valence electrons. The molecule has 1 fully saturated rings. The molecule has 0 spiro atoms. The highest BCUT2D eigenvalue weighted by atomic mass is 19.1. The van der Waals surface area contributed by atoms with Crippen LogP contribution in [0.15, 0.2) is 42.5 Å². The molecule has 0 unspecified atom stereocenters. The largest absolute Gasteiger partial charge is 0.496 e. The van der Waals surface area contributed by atoms with Crippen molar-refractivity contribution in [2.75, 3.05) is 19.5 Å². The first-order chi connectivity index (χ1) is 13.0. The number of anilines is 1. The Balaban J connectivity index is 1.94. The fourth-order valence-corrected chi connectivity index (χ4v) is 3.75. The molecule has 0 bridgehead atoms. The monoisotopic (exact) mass is 371 g/mol. The van der Waals surface area contributed by atoms with Crippen molar-refractivity contribution in [3.63, 3.8) is 0 Å². The molecule has 0 radical (unpaired) electrons. The fourth-order valence-electron chi connectivity index (χ4n) is 3.75. The number of ether oxygens (including phenoxy) is 2. The lowest BCUT2D eigenvalue weighted by atomic mass is 9.77. The number of carbonyl (C=O) groups excluding carboxylic acids is 2. The van der Waals surface area contributed by atoms with Crippen molar-refractivity contribution in [1.82, 2.24) is 0 Å². The summed E-state index contributed by atoms with van der Waals surface area (Å²) >= 11 is 0. The maximum absolute atomic E-state index is 14.4. The van der Waals surface area contributed by atoms with Crippen LogP contribution in [0.2, 0.25) is 0 Å². The summed E-state index contributed by atoms with van der Waals surface area (Å²) in [6, 6.07) is 11.2. The molecule has 0 aliphatic heterocycles. The molecule has 0 heterocycles. The lowest BCUT2D eigenvalue weighted by Crippen LogP contribution is -2.38. The van der Waals surface area contributed by atoms with Gasteiger partial charge in [0.05, 0.1) is 19.6 Å². The van der Waals surface area contributed by atoms with Crippen molar-refractivity contribution < 1.29 is 23.5 Å². The van der Waals surface area contributed by atoms with E-state index in [2.05, 4.69) is 5.32 Å². The summed E-state index contributed by atoms with van der Waals surface area (Å²) < 4.78 is 24.4. The van der Waals surface area contributed by atoms with E-state index in [1.165, 1.54) is 26.4 Å². The molecule has 2 aromatic carbocycles. The number of hydrogen-bond donors (Lipinski definition) is 1. The second-order valence-electron chi connectivity index (χ2n) is 6.63. The van der Waals surface area contributed by atoms with E-state index < -0.39 is 11.4 Å². The third-order valence-electron chi connectivity index (χ3n) is 5.14. The second kappa shape index (κ2) is 7.78. The van der Waals surface area contributed by atoms with Crippen molar-refractivity contribution in [3.8, 4) is 5.75 Å². The predicted molar refractivity (Wildman–Crippen MR) is 99.5 cm³/mol. The predicted octanol–water partition coefficient (Wildman–Crippen LogP) is 4.07. The second-order valence-corrected chi connectivity index (χ2v) is 6.63. The van der Waals surface area contributed by atoms with Gasteiger partial charge in [0.25, 0.3) is 0 Å². The van der Waals surface area contributed by atoms with E-state index in [-0.39, 0.29) is 17.3 Å². The Morgan fingerprint density at radius 2 is 1.78 bits per heavy atom. The summed E-state index contributed by atoms with van der Waals surface area (Å²) in [5.41, 5.74) is 0.158. The molecule has 2 aromatic rings. The zero-order chi connectivity index (χ0) is 19.4.